The Morgan fingerprint density at radius 3 is 2.53 bits per heavy atom. The lowest BCUT2D eigenvalue weighted by Gasteiger charge is -2.02. The minimum atomic E-state index is 0.919. The fourth-order valence-electron chi connectivity index (χ4n) is 2.07. The summed E-state index contributed by atoms with van der Waals surface area (Å²) in [5.74, 6) is 0.919. The molecule has 3 heteroatoms. The maximum Gasteiger partial charge on any atom is 0.108 e. The van der Waals surface area contributed by atoms with Crippen LogP contribution in [-0.4, -0.2) is 15.0 Å². The zero-order valence-corrected chi connectivity index (χ0v) is 9.86. The van der Waals surface area contributed by atoms with Gasteiger partial charge < -0.3 is 4.98 Å². The molecule has 0 spiro atoms. The number of H-pyrrole nitrogens is 1. The number of fused-ring (bicyclic) bond motifs is 1. The summed E-state index contributed by atoms with van der Waals surface area (Å²) in [6.45, 7) is 3.95. The van der Waals surface area contributed by atoms with Crippen LogP contribution in [-0.2, 0) is 0 Å². The molecule has 3 rings (SSSR count). The van der Waals surface area contributed by atoms with Gasteiger partial charge in [0.25, 0.3) is 0 Å². The third kappa shape index (κ3) is 1.69. The van der Waals surface area contributed by atoms with Gasteiger partial charge in [-0.2, -0.15) is 0 Å². The zero-order valence-electron chi connectivity index (χ0n) is 9.86. The first-order chi connectivity index (χ1) is 8.24. The van der Waals surface area contributed by atoms with Gasteiger partial charge in [-0.15, -0.1) is 0 Å². The Morgan fingerprint density at radius 1 is 1.00 bits per heavy atom. The maximum absolute atomic E-state index is 4.63. The van der Waals surface area contributed by atoms with Crippen LogP contribution in [0.2, 0.25) is 0 Å². The average Bonchev–Trinajstić information content (AvgIpc) is 2.74. The molecule has 1 aromatic carbocycles. The highest BCUT2D eigenvalue weighted by molar-refractivity contribution is 5.72. The van der Waals surface area contributed by atoms with Crippen LogP contribution in [0.5, 0.6) is 0 Å². The van der Waals surface area contributed by atoms with E-state index in [1.807, 2.05) is 32.0 Å². The van der Waals surface area contributed by atoms with Crippen molar-refractivity contribution in [2.45, 2.75) is 13.8 Å². The fraction of sp³-hybridized carbons (Fsp3) is 0.143. The van der Waals surface area contributed by atoms with Crippen LogP contribution >= 0.6 is 0 Å². The van der Waals surface area contributed by atoms with E-state index in [4.69, 9.17) is 0 Å². The number of aryl methyl sites for hydroxylation is 2. The predicted molar refractivity (Wildman–Crippen MR) is 67.9 cm³/mol. The molecule has 2 aliphatic heterocycles. The quantitative estimate of drug-likeness (QED) is 0.688. The molecule has 0 saturated carbocycles. The first kappa shape index (κ1) is 10.0. The molecule has 3 nitrogen and oxygen atoms in total. The number of aromatic amines is 1. The number of aromatic nitrogens is 3. The number of hydrogen-bond acceptors (Lipinski definition) is 2. The van der Waals surface area contributed by atoms with Crippen molar-refractivity contribution < 1.29 is 0 Å². The molecule has 2 heterocycles. The normalized spacial score (nSPS) is 10.9. The molecule has 84 valence electrons. The van der Waals surface area contributed by atoms with Crippen molar-refractivity contribution in [3.8, 4) is 22.6 Å². The van der Waals surface area contributed by atoms with Crippen molar-refractivity contribution in [3.63, 3.8) is 0 Å². The molecule has 0 bridgehead atoms. The van der Waals surface area contributed by atoms with Crippen LogP contribution in [0, 0.1) is 13.8 Å². The second-order valence-electron chi connectivity index (χ2n) is 4.18. The lowest BCUT2D eigenvalue weighted by molar-refractivity contribution is 1.01. The van der Waals surface area contributed by atoms with Crippen molar-refractivity contribution in [3.05, 3.63) is 47.9 Å². The van der Waals surface area contributed by atoms with E-state index >= 15 is 0 Å². The molecular formula is C14H13N3. The Kier molecular flexibility index (Phi) is 2.18. The van der Waals surface area contributed by atoms with Crippen LogP contribution in [0.25, 0.3) is 22.6 Å². The molecule has 0 aliphatic carbocycles. The molecule has 0 unspecified atom stereocenters. The third-order valence-corrected chi connectivity index (χ3v) is 2.83. The Balaban J connectivity index is 2.21. The minimum absolute atomic E-state index is 0.919. The van der Waals surface area contributed by atoms with Gasteiger partial charge in [-0.25, -0.2) is 9.97 Å². The second-order valence-corrected chi connectivity index (χ2v) is 4.18. The standard InChI is InChI=1S/C14H13N3/c1-9-14-13(16-10(2)15-9)8-12(17-14)11-6-4-3-5-7-11/h3-8H,1-2H3,(H,15,16). The van der Waals surface area contributed by atoms with Crippen molar-refractivity contribution in [1.29, 1.82) is 0 Å². The third-order valence-electron chi connectivity index (χ3n) is 2.83. The summed E-state index contributed by atoms with van der Waals surface area (Å²) in [5, 5.41) is 0. The number of benzene rings is 1. The molecule has 0 amide bonds. The number of rotatable bonds is 1. The summed E-state index contributed by atoms with van der Waals surface area (Å²) in [6.07, 6.45) is 0. The molecule has 1 aromatic rings. The van der Waals surface area contributed by atoms with Crippen molar-refractivity contribution >= 4 is 0 Å². The van der Waals surface area contributed by atoms with Crippen LogP contribution in [0.3, 0.4) is 0 Å². The van der Waals surface area contributed by atoms with E-state index in [2.05, 4.69) is 33.2 Å². The van der Waals surface area contributed by atoms with E-state index in [1.54, 1.807) is 0 Å². The average molecular weight is 223 g/mol. The largest absolute Gasteiger partial charge is 0.342 e. The first-order valence-electron chi connectivity index (χ1n) is 5.63. The second kappa shape index (κ2) is 3.70. The van der Waals surface area contributed by atoms with E-state index in [1.165, 1.54) is 0 Å². The fourth-order valence-corrected chi connectivity index (χ4v) is 2.07. The summed E-state index contributed by atoms with van der Waals surface area (Å²) >= 11 is 0. The molecule has 0 atom stereocenters. The zero-order chi connectivity index (χ0) is 11.8. The lowest BCUT2D eigenvalue weighted by atomic mass is 10.1. The van der Waals surface area contributed by atoms with Gasteiger partial charge in [-0.1, -0.05) is 30.3 Å². The first-order valence-corrected chi connectivity index (χ1v) is 5.63. The predicted octanol–water partition coefficient (Wildman–Crippen LogP) is 3.19. The van der Waals surface area contributed by atoms with E-state index in [0.29, 0.717) is 0 Å². The van der Waals surface area contributed by atoms with E-state index in [-0.39, 0.29) is 0 Å². The Morgan fingerprint density at radius 2 is 1.76 bits per heavy atom. The van der Waals surface area contributed by atoms with E-state index in [9.17, 15) is 0 Å². The van der Waals surface area contributed by atoms with E-state index in [0.717, 1.165) is 34.2 Å². The van der Waals surface area contributed by atoms with Gasteiger partial charge in [0.05, 0.1) is 17.1 Å². The molecule has 1 N–H and O–H groups in total. The molecule has 0 saturated heterocycles. The van der Waals surface area contributed by atoms with Gasteiger partial charge >= 0.3 is 0 Å². The summed E-state index contributed by atoms with van der Waals surface area (Å²) in [4.78, 5) is 12.3. The molecular weight excluding hydrogens is 210 g/mol. The topological polar surface area (TPSA) is 41.6 Å². The maximum atomic E-state index is 4.63. The summed E-state index contributed by atoms with van der Waals surface area (Å²) in [5.41, 5.74) is 5.10. The van der Waals surface area contributed by atoms with Gasteiger partial charge in [-0.3, -0.25) is 0 Å². The van der Waals surface area contributed by atoms with Crippen LogP contribution in [0.4, 0.5) is 0 Å². The molecule has 0 radical (unpaired) electrons. The van der Waals surface area contributed by atoms with Crippen LogP contribution in [0.1, 0.15) is 11.5 Å². The number of nitrogens with one attached hydrogen (secondary N) is 1. The van der Waals surface area contributed by atoms with Crippen molar-refractivity contribution in [1.82, 2.24) is 15.0 Å². The van der Waals surface area contributed by atoms with Crippen molar-refractivity contribution in [2.75, 3.05) is 0 Å². The van der Waals surface area contributed by atoms with Crippen LogP contribution in [0.15, 0.2) is 36.4 Å². The Bertz CT molecular complexity index is 626. The Hall–Kier alpha value is -2.16. The van der Waals surface area contributed by atoms with Gasteiger partial charge in [0.15, 0.2) is 0 Å². The summed E-state index contributed by atoms with van der Waals surface area (Å²) in [6, 6.07) is 12.3. The number of hydrogen-bond donors (Lipinski definition) is 1. The monoisotopic (exact) mass is 223 g/mol. The smallest absolute Gasteiger partial charge is 0.108 e. The number of nitrogens with zero attached hydrogens (tertiary/aromatic N) is 2. The Labute approximate surface area is 99.9 Å². The molecule has 0 aromatic heterocycles. The molecule has 0 fully saturated rings. The van der Waals surface area contributed by atoms with Gasteiger partial charge in [0.1, 0.15) is 11.5 Å². The lowest BCUT2D eigenvalue weighted by Crippen LogP contribution is -1.95. The summed E-state index contributed by atoms with van der Waals surface area (Å²) in [7, 11) is 0. The highest BCUT2D eigenvalue weighted by atomic mass is 14.9. The molecule has 2 aliphatic rings. The SMILES string of the molecule is Cc1nc(C)c2nc(-c3ccccc3)cc-2[nH]1. The minimum Gasteiger partial charge on any atom is -0.342 e. The van der Waals surface area contributed by atoms with Crippen LogP contribution < -0.4 is 0 Å². The highest BCUT2D eigenvalue weighted by Crippen LogP contribution is 2.28. The highest BCUT2D eigenvalue weighted by Gasteiger charge is 2.14. The van der Waals surface area contributed by atoms with Gasteiger partial charge in [-0.05, 0) is 19.9 Å². The van der Waals surface area contributed by atoms with Gasteiger partial charge in [0.2, 0.25) is 0 Å². The van der Waals surface area contributed by atoms with Gasteiger partial charge in [0, 0.05) is 5.56 Å². The molecule has 17 heavy (non-hydrogen) atoms. The van der Waals surface area contributed by atoms with E-state index < -0.39 is 0 Å². The van der Waals surface area contributed by atoms with Crippen molar-refractivity contribution in [2.24, 2.45) is 0 Å². The summed E-state index contributed by atoms with van der Waals surface area (Å²) < 4.78 is 0.